The predicted octanol–water partition coefficient (Wildman–Crippen LogP) is 4.58. The van der Waals surface area contributed by atoms with Crippen LogP contribution < -0.4 is 14.8 Å². The molecule has 1 aromatic heterocycles. The summed E-state index contributed by atoms with van der Waals surface area (Å²) in [6.45, 7) is 3.75. The average Bonchev–Trinajstić information content (AvgIpc) is 3.02. The Balaban J connectivity index is 1.84. The molecule has 0 aliphatic carbocycles. The number of phenolic OH excluding ortho intramolecular Hbond substituents is 1. The molecule has 2 aromatic carbocycles. The minimum atomic E-state index is -3.74. The molecular weight excluding hydrogens is 394 g/mol. The van der Waals surface area contributed by atoms with E-state index in [0.717, 1.165) is 10.9 Å². The summed E-state index contributed by atoms with van der Waals surface area (Å²) >= 11 is 0. The van der Waals surface area contributed by atoms with Gasteiger partial charge in [-0.3, -0.25) is 9.78 Å². The number of rotatable bonds is 5. The van der Waals surface area contributed by atoms with Gasteiger partial charge >= 0.3 is 6.29 Å². The number of ether oxygens (including phenoxy) is 2. The molecule has 156 valence electrons. The lowest BCUT2D eigenvalue weighted by Gasteiger charge is -2.22. The van der Waals surface area contributed by atoms with Crippen LogP contribution in [0.2, 0.25) is 0 Å². The maximum Gasteiger partial charge on any atom is 0.586 e. The first kappa shape index (κ1) is 19.9. The lowest BCUT2D eigenvalue weighted by molar-refractivity contribution is -0.286. The van der Waals surface area contributed by atoms with Gasteiger partial charge in [0.15, 0.2) is 11.5 Å². The van der Waals surface area contributed by atoms with E-state index in [2.05, 4.69) is 19.8 Å². The smallest absolute Gasteiger partial charge is 0.505 e. The fourth-order valence-electron chi connectivity index (χ4n) is 3.59. The highest BCUT2D eigenvalue weighted by atomic mass is 19.3. The highest BCUT2D eigenvalue weighted by Gasteiger charge is 2.43. The molecule has 8 heteroatoms. The van der Waals surface area contributed by atoms with Crippen LogP contribution in [-0.2, 0) is 4.79 Å². The van der Waals surface area contributed by atoms with Gasteiger partial charge in [-0.1, -0.05) is 19.1 Å². The molecular formula is C22H20F2N2O4. The lowest BCUT2D eigenvalue weighted by Crippen LogP contribution is -2.29. The van der Waals surface area contributed by atoms with E-state index in [4.69, 9.17) is 0 Å². The van der Waals surface area contributed by atoms with Gasteiger partial charge in [-0.25, -0.2) is 0 Å². The molecule has 1 amide bonds. The number of benzene rings is 2. The van der Waals surface area contributed by atoms with Crippen LogP contribution in [0.5, 0.6) is 17.2 Å². The molecule has 3 aromatic rings. The normalized spacial score (nSPS) is 15.2. The summed E-state index contributed by atoms with van der Waals surface area (Å²) < 4.78 is 35.9. The van der Waals surface area contributed by atoms with Gasteiger partial charge in [-0.05, 0) is 48.7 Å². The second-order valence-corrected chi connectivity index (χ2v) is 7.16. The number of aromatic nitrogens is 1. The zero-order valence-electron chi connectivity index (χ0n) is 16.4. The molecule has 0 bridgehead atoms. The number of aryl methyl sites for hydroxylation is 1. The number of alkyl halides is 2. The van der Waals surface area contributed by atoms with Crippen molar-refractivity contribution in [2.45, 2.75) is 39.0 Å². The first-order valence-electron chi connectivity index (χ1n) is 9.55. The molecule has 0 spiro atoms. The minimum absolute atomic E-state index is 0.0824. The van der Waals surface area contributed by atoms with Gasteiger partial charge in [0.1, 0.15) is 11.3 Å². The Morgan fingerprint density at radius 2 is 2.00 bits per heavy atom. The molecule has 1 atom stereocenters. The summed E-state index contributed by atoms with van der Waals surface area (Å²) in [6, 6.07) is 8.87. The van der Waals surface area contributed by atoms with Gasteiger partial charge in [-0.2, -0.15) is 0 Å². The number of carbonyl (C=O) groups excluding carboxylic acids is 1. The van der Waals surface area contributed by atoms with Crippen molar-refractivity contribution >= 4 is 16.8 Å². The number of halogens is 2. The van der Waals surface area contributed by atoms with Gasteiger partial charge in [0.2, 0.25) is 5.91 Å². The van der Waals surface area contributed by atoms with Crippen molar-refractivity contribution in [2.75, 3.05) is 0 Å². The molecule has 2 N–H and O–H groups in total. The number of nitrogens with zero attached hydrogens (tertiary/aromatic N) is 1. The number of hydrogen-bond acceptors (Lipinski definition) is 5. The van der Waals surface area contributed by atoms with E-state index in [9.17, 15) is 18.7 Å². The Kier molecular flexibility index (Phi) is 4.93. The molecule has 0 fully saturated rings. The summed E-state index contributed by atoms with van der Waals surface area (Å²) in [5.74, 6) is -0.546. The average molecular weight is 414 g/mol. The van der Waals surface area contributed by atoms with Crippen LogP contribution in [0.15, 0.2) is 42.6 Å². The van der Waals surface area contributed by atoms with Crippen molar-refractivity contribution in [3.8, 4) is 17.2 Å². The number of carbonyl (C=O) groups is 1. The summed E-state index contributed by atoms with van der Waals surface area (Å²) in [7, 11) is 0. The van der Waals surface area contributed by atoms with Crippen LogP contribution in [0, 0.1) is 6.92 Å². The molecule has 1 aliphatic heterocycles. The molecule has 4 rings (SSSR count). The Morgan fingerprint density at radius 3 is 2.77 bits per heavy atom. The van der Waals surface area contributed by atoms with E-state index in [-0.39, 0.29) is 29.6 Å². The third-order valence-electron chi connectivity index (χ3n) is 4.95. The highest BCUT2D eigenvalue weighted by Crippen LogP contribution is 2.44. The maximum absolute atomic E-state index is 13.4. The fraction of sp³-hybridized carbons (Fsp3) is 0.273. The van der Waals surface area contributed by atoms with Gasteiger partial charge in [0, 0.05) is 23.6 Å². The molecule has 30 heavy (non-hydrogen) atoms. The van der Waals surface area contributed by atoms with E-state index >= 15 is 0 Å². The molecule has 0 saturated carbocycles. The monoisotopic (exact) mass is 414 g/mol. The molecule has 1 aliphatic rings. The Bertz CT molecular complexity index is 1130. The second kappa shape index (κ2) is 7.44. The van der Waals surface area contributed by atoms with Crippen LogP contribution in [0.25, 0.3) is 10.9 Å². The van der Waals surface area contributed by atoms with Crippen LogP contribution in [0.4, 0.5) is 8.78 Å². The maximum atomic E-state index is 13.4. The Labute approximate surface area is 171 Å². The van der Waals surface area contributed by atoms with Gasteiger partial charge < -0.3 is 19.9 Å². The van der Waals surface area contributed by atoms with Crippen LogP contribution >= 0.6 is 0 Å². The third kappa shape index (κ3) is 3.60. The van der Waals surface area contributed by atoms with E-state index in [1.165, 1.54) is 12.1 Å². The van der Waals surface area contributed by atoms with Gasteiger partial charge in [-0.15, -0.1) is 8.78 Å². The number of amides is 1. The predicted molar refractivity (Wildman–Crippen MR) is 106 cm³/mol. The van der Waals surface area contributed by atoms with Gasteiger partial charge in [0.05, 0.1) is 6.04 Å². The second-order valence-electron chi connectivity index (χ2n) is 7.16. The van der Waals surface area contributed by atoms with E-state index in [1.54, 1.807) is 24.4 Å². The largest absolute Gasteiger partial charge is 0.586 e. The summed E-state index contributed by atoms with van der Waals surface area (Å²) in [5.41, 5.74) is 2.13. The minimum Gasteiger partial charge on any atom is -0.505 e. The standard InChI is InChI=1S/C22H20F2N2O4/c1-3-5-18(27)26-19(13-7-8-16-17(11-13)30-22(23,24)29-16)15-10-12(2)14-6-4-9-25-20(14)21(15)28/h4,6-11,19,28H,3,5H2,1-2H3,(H,26,27). The zero-order chi connectivity index (χ0) is 21.5. The molecule has 2 heterocycles. The first-order valence-corrected chi connectivity index (χ1v) is 9.55. The fourth-order valence-corrected chi connectivity index (χ4v) is 3.59. The Hall–Kier alpha value is -3.42. The summed E-state index contributed by atoms with van der Waals surface area (Å²) in [4.78, 5) is 16.7. The summed E-state index contributed by atoms with van der Waals surface area (Å²) in [6.07, 6.45) is -1.26. The number of fused-ring (bicyclic) bond motifs is 2. The van der Waals surface area contributed by atoms with E-state index in [1.807, 2.05) is 19.9 Å². The number of aromatic hydroxyl groups is 1. The number of nitrogens with one attached hydrogen (secondary N) is 1. The quantitative estimate of drug-likeness (QED) is 0.639. The Morgan fingerprint density at radius 1 is 1.23 bits per heavy atom. The SMILES string of the molecule is CCCC(=O)NC(c1ccc2c(c1)OC(F)(F)O2)c1cc(C)c2cccnc2c1O. The van der Waals surface area contributed by atoms with Crippen LogP contribution in [0.1, 0.15) is 42.5 Å². The molecule has 1 unspecified atom stereocenters. The highest BCUT2D eigenvalue weighted by molar-refractivity contribution is 5.89. The third-order valence-corrected chi connectivity index (χ3v) is 4.95. The topological polar surface area (TPSA) is 80.7 Å². The number of hydrogen-bond donors (Lipinski definition) is 2. The number of pyridine rings is 1. The molecule has 0 saturated heterocycles. The van der Waals surface area contributed by atoms with Gasteiger partial charge in [0.25, 0.3) is 0 Å². The lowest BCUT2D eigenvalue weighted by atomic mass is 9.93. The van der Waals surface area contributed by atoms with Crippen molar-refractivity contribution < 1.29 is 28.2 Å². The molecule has 6 nitrogen and oxygen atoms in total. The number of phenols is 1. The van der Waals surface area contributed by atoms with Crippen molar-refractivity contribution in [1.29, 1.82) is 0 Å². The van der Waals surface area contributed by atoms with E-state index in [0.29, 0.717) is 23.1 Å². The van der Waals surface area contributed by atoms with Crippen molar-refractivity contribution in [3.05, 3.63) is 59.3 Å². The zero-order valence-corrected chi connectivity index (χ0v) is 16.4. The summed E-state index contributed by atoms with van der Waals surface area (Å²) in [5, 5.41) is 14.6. The van der Waals surface area contributed by atoms with Crippen LogP contribution in [0.3, 0.4) is 0 Å². The first-order chi connectivity index (χ1) is 14.3. The van der Waals surface area contributed by atoms with Crippen molar-refractivity contribution in [3.63, 3.8) is 0 Å². The van der Waals surface area contributed by atoms with Crippen molar-refractivity contribution in [2.24, 2.45) is 0 Å². The van der Waals surface area contributed by atoms with E-state index < -0.39 is 12.3 Å². The molecule has 0 radical (unpaired) electrons. The van der Waals surface area contributed by atoms with Crippen molar-refractivity contribution in [1.82, 2.24) is 10.3 Å². The van der Waals surface area contributed by atoms with Crippen LogP contribution in [-0.4, -0.2) is 22.3 Å².